The van der Waals surface area contributed by atoms with Gasteiger partial charge in [0.1, 0.15) is 6.10 Å². The highest BCUT2D eigenvalue weighted by Gasteiger charge is 2.59. The maximum atomic E-state index is 12.6. The molecule has 0 aromatic carbocycles. The summed E-state index contributed by atoms with van der Waals surface area (Å²) in [5.41, 5.74) is 2.42. The fraction of sp³-hybridized carbons (Fsp3) is 0.889. The molecule has 3 fully saturated rings. The Kier molecular flexibility index (Phi) is 10.9. The molecule has 0 aliphatic heterocycles. The van der Waals surface area contributed by atoms with E-state index in [2.05, 4.69) is 40.7 Å². The van der Waals surface area contributed by atoms with Gasteiger partial charge < -0.3 is 9.84 Å². The lowest BCUT2D eigenvalue weighted by atomic mass is 9.47. The Morgan fingerprint density at radius 3 is 2.35 bits per heavy atom. The third-order valence-corrected chi connectivity index (χ3v) is 12.3. The van der Waals surface area contributed by atoms with Crippen LogP contribution >= 0.6 is 0 Å². The molecule has 0 heterocycles. The van der Waals surface area contributed by atoms with E-state index in [0.717, 1.165) is 80.5 Å². The first-order valence-electron chi connectivity index (χ1n) is 17.2. The molecule has 0 saturated heterocycles. The van der Waals surface area contributed by atoms with Crippen molar-refractivity contribution in [3.63, 3.8) is 0 Å². The molecule has 4 aliphatic rings. The van der Waals surface area contributed by atoms with E-state index in [1.54, 1.807) is 5.57 Å². The summed E-state index contributed by atoms with van der Waals surface area (Å²) in [5.74, 6) is 4.36. The van der Waals surface area contributed by atoms with Crippen molar-refractivity contribution in [2.75, 3.05) is 0 Å². The van der Waals surface area contributed by atoms with Gasteiger partial charge in [-0.3, -0.25) is 9.59 Å². The SMILES string of the molecule is CC(C)CCC[C@@H](C)[C@H]1CC[C@H]2[C@@H]3CC=C4C[C@@H](OC(=O)CCCCCCCC(=O)O)CC[C@]4(C)[C@H]3CC[C@]12C. The van der Waals surface area contributed by atoms with Crippen molar-refractivity contribution in [1.29, 1.82) is 0 Å². The van der Waals surface area contributed by atoms with Crippen LogP contribution in [-0.2, 0) is 14.3 Å². The van der Waals surface area contributed by atoms with E-state index in [-0.39, 0.29) is 18.5 Å². The third kappa shape index (κ3) is 7.17. The Balaban J connectivity index is 1.27. The molecular formula is C36H60O4. The first kappa shape index (κ1) is 31.6. The molecule has 40 heavy (non-hydrogen) atoms. The van der Waals surface area contributed by atoms with Crippen molar-refractivity contribution in [1.82, 2.24) is 0 Å². The summed E-state index contributed by atoms with van der Waals surface area (Å²) in [5, 5.41) is 8.74. The normalized spacial score (nSPS) is 35.9. The number of ether oxygens (including phenoxy) is 1. The molecule has 228 valence electrons. The number of aliphatic carboxylic acids is 1. The number of rotatable bonds is 14. The standard InChI is InChI=1S/C36H60O4/c1-25(2)12-11-13-26(3)30-18-19-31-29-17-16-27-24-28(20-22-35(27,4)32(29)21-23-36(30,31)5)40-34(39)15-10-8-6-7-9-14-33(37)38/h16,25-26,28-32H,6-15,17-24H2,1-5H3,(H,37,38)/t26-,28+,29+,30-,31+,32+,35+,36-/m1/s1. The number of fused-ring (bicyclic) bond motifs is 5. The number of allylic oxidation sites excluding steroid dienone is 1. The van der Waals surface area contributed by atoms with Gasteiger partial charge >= 0.3 is 11.9 Å². The molecule has 4 rings (SSSR count). The number of carbonyl (C=O) groups is 2. The van der Waals surface area contributed by atoms with E-state index in [0.29, 0.717) is 17.3 Å². The number of esters is 1. The second-order valence-electron chi connectivity index (χ2n) is 15.3. The molecule has 3 saturated carbocycles. The van der Waals surface area contributed by atoms with Crippen LogP contribution in [-0.4, -0.2) is 23.1 Å². The Morgan fingerprint density at radius 2 is 1.62 bits per heavy atom. The van der Waals surface area contributed by atoms with Gasteiger partial charge in [-0.05, 0) is 104 Å². The molecule has 0 aromatic rings. The predicted molar refractivity (Wildman–Crippen MR) is 163 cm³/mol. The minimum absolute atomic E-state index is 0.0404. The molecule has 8 atom stereocenters. The summed E-state index contributed by atoms with van der Waals surface area (Å²) < 4.78 is 6.00. The predicted octanol–water partition coefficient (Wildman–Crippen LogP) is 9.75. The Labute approximate surface area is 245 Å². The second-order valence-corrected chi connectivity index (χ2v) is 15.3. The number of carboxylic acids is 1. The molecule has 0 radical (unpaired) electrons. The minimum atomic E-state index is -0.720. The summed E-state index contributed by atoms with van der Waals surface area (Å²) in [6.07, 6.45) is 22.1. The molecule has 4 aliphatic carbocycles. The van der Waals surface area contributed by atoms with Crippen molar-refractivity contribution >= 4 is 11.9 Å². The largest absolute Gasteiger partial charge is 0.481 e. The maximum Gasteiger partial charge on any atom is 0.306 e. The van der Waals surface area contributed by atoms with Crippen LogP contribution in [0.3, 0.4) is 0 Å². The average molecular weight is 557 g/mol. The van der Waals surface area contributed by atoms with Crippen molar-refractivity contribution in [3.8, 4) is 0 Å². The molecule has 4 nitrogen and oxygen atoms in total. The van der Waals surface area contributed by atoms with Crippen LogP contribution in [0.1, 0.15) is 150 Å². The fourth-order valence-corrected chi connectivity index (χ4v) is 10.1. The molecular weight excluding hydrogens is 496 g/mol. The summed E-state index contributed by atoms with van der Waals surface area (Å²) in [4.78, 5) is 23.2. The topological polar surface area (TPSA) is 63.6 Å². The van der Waals surface area contributed by atoms with Gasteiger partial charge in [-0.15, -0.1) is 0 Å². The Bertz CT molecular complexity index is 891. The highest BCUT2D eigenvalue weighted by molar-refractivity contribution is 5.69. The molecule has 1 N–H and O–H groups in total. The van der Waals surface area contributed by atoms with Crippen LogP contribution in [0.4, 0.5) is 0 Å². The van der Waals surface area contributed by atoms with Gasteiger partial charge in [0.05, 0.1) is 0 Å². The monoisotopic (exact) mass is 556 g/mol. The number of carboxylic acid groups (broad SMARTS) is 1. The molecule has 0 bridgehead atoms. The van der Waals surface area contributed by atoms with Crippen LogP contribution in [0.25, 0.3) is 0 Å². The molecule has 4 heteroatoms. The van der Waals surface area contributed by atoms with Gasteiger partial charge in [-0.2, -0.15) is 0 Å². The quantitative estimate of drug-likeness (QED) is 0.131. The first-order valence-corrected chi connectivity index (χ1v) is 17.2. The smallest absolute Gasteiger partial charge is 0.306 e. The lowest BCUT2D eigenvalue weighted by Gasteiger charge is -2.58. The van der Waals surface area contributed by atoms with Crippen LogP contribution in [0.2, 0.25) is 0 Å². The van der Waals surface area contributed by atoms with Gasteiger partial charge in [0.15, 0.2) is 0 Å². The first-order chi connectivity index (χ1) is 19.0. The number of hydrogen-bond acceptors (Lipinski definition) is 3. The van der Waals surface area contributed by atoms with Gasteiger partial charge in [-0.1, -0.05) is 84.8 Å². The summed E-state index contributed by atoms with van der Waals surface area (Å²) in [6, 6.07) is 0. The number of unbranched alkanes of at least 4 members (excludes halogenated alkanes) is 4. The highest BCUT2D eigenvalue weighted by atomic mass is 16.5. The van der Waals surface area contributed by atoms with E-state index >= 15 is 0 Å². The maximum absolute atomic E-state index is 12.6. The Hall–Kier alpha value is -1.32. The average Bonchev–Trinajstić information content (AvgIpc) is 3.25. The zero-order valence-corrected chi connectivity index (χ0v) is 26.5. The van der Waals surface area contributed by atoms with Crippen molar-refractivity contribution in [2.45, 2.75) is 156 Å². The lowest BCUT2D eigenvalue weighted by molar-refractivity contribution is -0.151. The fourth-order valence-electron chi connectivity index (χ4n) is 10.1. The zero-order chi connectivity index (χ0) is 28.9. The summed E-state index contributed by atoms with van der Waals surface area (Å²) in [7, 11) is 0. The van der Waals surface area contributed by atoms with E-state index in [4.69, 9.17) is 9.84 Å². The molecule has 0 aromatic heterocycles. The summed E-state index contributed by atoms with van der Waals surface area (Å²) in [6.45, 7) is 12.5. The van der Waals surface area contributed by atoms with E-state index in [1.165, 1.54) is 57.8 Å². The van der Waals surface area contributed by atoms with Crippen LogP contribution < -0.4 is 0 Å². The van der Waals surface area contributed by atoms with Gasteiger partial charge in [-0.25, -0.2) is 0 Å². The number of carbonyl (C=O) groups excluding carboxylic acids is 1. The van der Waals surface area contributed by atoms with Crippen LogP contribution in [0, 0.1) is 46.3 Å². The highest BCUT2D eigenvalue weighted by Crippen LogP contribution is 2.67. The van der Waals surface area contributed by atoms with E-state index in [9.17, 15) is 9.59 Å². The van der Waals surface area contributed by atoms with Gasteiger partial charge in [0, 0.05) is 19.3 Å². The zero-order valence-electron chi connectivity index (χ0n) is 26.5. The summed E-state index contributed by atoms with van der Waals surface area (Å²) >= 11 is 0. The Morgan fingerprint density at radius 1 is 0.900 bits per heavy atom. The lowest BCUT2D eigenvalue weighted by Crippen LogP contribution is -2.51. The molecule has 0 unspecified atom stereocenters. The van der Waals surface area contributed by atoms with Crippen LogP contribution in [0.5, 0.6) is 0 Å². The van der Waals surface area contributed by atoms with Crippen LogP contribution in [0.15, 0.2) is 11.6 Å². The molecule has 0 spiro atoms. The van der Waals surface area contributed by atoms with Gasteiger partial charge in [0.2, 0.25) is 0 Å². The van der Waals surface area contributed by atoms with Gasteiger partial charge in [0.25, 0.3) is 0 Å². The van der Waals surface area contributed by atoms with Crippen molar-refractivity contribution in [2.24, 2.45) is 46.3 Å². The minimum Gasteiger partial charge on any atom is -0.481 e. The molecule has 0 amide bonds. The van der Waals surface area contributed by atoms with E-state index < -0.39 is 5.97 Å². The van der Waals surface area contributed by atoms with Crippen molar-refractivity contribution < 1.29 is 19.4 Å². The van der Waals surface area contributed by atoms with Crippen molar-refractivity contribution in [3.05, 3.63) is 11.6 Å². The van der Waals surface area contributed by atoms with E-state index in [1.807, 2.05) is 0 Å². The number of hydrogen-bond donors (Lipinski definition) is 1. The second kappa shape index (κ2) is 13.8. The third-order valence-electron chi connectivity index (χ3n) is 12.3.